The second-order valence-corrected chi connectivity index (χ2v) is 5.02. The Balaban J connectivity index is 1.94. The maximum absolute atomic E-state index is 12.4. The number of aliphatic hydroxyl groups excluding tert-OH is 1. The number of piperidine rings is 1. The van der Waals surface area contributed by atoms with Gasteiger partial charge in [-0.3, -0.25) is 4.90 Å². The monoisotopic (exact) mass is 237 g/mol. The van der Waals surface area contributed by atoms with Crippen LogP contribution in [-0.4, -0.2) is 41.4 Å². The third-order valence-electron chi connectivity index (χ3n) is 3.88. The van der Waals surface area contributed by atoms with Crippen molar-refractivity contribution in [3.63, 3.8) is 0 Å². The second-order valence-electron chi connectivity index (χ2n) is 5.02. The maximum Gasteiger partial charge on any atom is 0.401 e. The first-order valence-electron chi connectivity index (χ1n) is 5.93. The van der Waals surface area contributed by atoms with E-state index in [-0.39, 0.29) is 18.7 Å². The van der Waals surface area contributed by atoms with Crippen LogP contribution < -0.4 is 0 Å². The third kappa shape index (κ3) is 2.69. The number of alkyl halides is 3. The minimum Gasteiger partial charge on any atom is -0.396 e. The summed E-state index contributed by atoms with van der Waals surface area (Å²) in [5.41, 5.74) is 0. The van der Waals surface area contributed by atoms with Crippen LogP contribution in [0.5, 0.6) is 0 Å². The molecule has 2 aliphatic heterocycles. The molecule has 2 saturated heterocycles. The predicted molar refractivity (Wildman–Crippen MR) is 54.0 cm³/mol. The highest BCUT2D eigenvalue weighted by atomic mass is 19.4. The summed E-state index contributed by atoms with van der Waals surface area (Å²) in [5, 5.41) is 8.87. The first-order valence-corrected chi connectivity index (χ1v) is 5.93. The van der Waals surface area contributed by atoms with E-state index in [1.54, 1.807) is 4.90 Å². The summed E-state index contributed by atoms with van der Waals surface area (Å²) in [7, 11) is 0. The molecule has 94 valence electrons. The molecule has 0 spiro atoms. The highest BCUT2D eigenvalue weighted by Gasteiger charge is 2.44. The van der Waals surface area contributed by atoms with Crippen molar-refractivity contribution in [2.45, 2.75) is 50.4 Å². The highest BCUT2D eigenvalue weighted by Crippen LogP contribution is 2.41. The Morgan fingerprint density at radius 1 is 1.12 bits per heavy atom. The lowest BCUT2D eigenvalue weighted by molar-refractivity contribution is -0.156. The molecule has 5 heteroatoms. The summed E-state index contributed by atoms with van der Waals surface area (Å²) in [6, 6.07) is 0.189. The lowest BCUT2D eigenvalue weighted by Gasteiger charge is -2.39. The van der Waals surface area contributed by atoms with Crippen LogP contribution in [0.4, 0.5) is 13.2 Å². The van der Waals surface area contributed by atoms with Gasteiger partial charge in [-0.05, 0) is 38.0 Å². The fourth-order valence-corrected chi connectivity index (χ4v) is 3.27. The molecule has 0 aromatic rings. The van der Waals surface area contributed by atoms with Gasteiger partial charge < -0.3 is 5.11 Å². The molecule has 0 aliphatic carbocycles. The molecule has 0 aromatic carbocycles. The van der Waals surface area contributed by atoms with Gasteiger partial charge in [0.1, 0.15) is 0 Å². The van der Waals surface area contributed by atoms with Crippen molar-refractivity contribution >= 4 is 0 Å². The topological polar surface area (TPSA) is 23.5 Å². The van der Waals surface area contributed by atoms with Crippen LogP contribution in [0, 0.1) is 5.92 Å². The van der Waals surface area contributed by atoms with Gasteiger partial charge in [0.05, 0.1) is 6.54 Å². The number of aliphatic hydroxyl groups is 1. The number of fused-ring (bicyclic) bond motifs is 2. The van der Waals surface area contributed by atoms with Crippen molar-refractivity contribution in [2.24, 2.45) is 5.92 Å². The Kier molecular flexibility index (Phi) is 3.45. The van der Waals surface area contributed by atoms with Gasteiger partial charge in [0.15, 0.2) is 0 Å². The second kappa shape index (κ2) is 4.53. The summed E-state index contributed by atoms with van der Waals surface area (Å²) in [6.07, 6.45) is 0.100. The maximum atomic E-state index is 12.4. The normalized spacial score (nSPS) is 35.6. The molecular weight excluding hydrogens is 219 g/mol. The van der Waals surface area contributed by atoms with Gasteiger partial charge in [-0.15, -0.1) is 0 Å². The largest absolute Gasteiger partial charge is 0.401 e. The Bertz CT molecular complexity index is 230. The number of hydrogen-bond donors (Lipinski definition) is 1. The Morgan fingerprint density at radius 2 is 1.69 bits per heavy atom. The zero-order valence-electron chi connectivity index (χ0n) is 9.21. The average molecular weight is 237 g/mol. The van der Waals surface area contributed by atoms with E-state index in [0.29, 0.717) is 5.92 Å². The van der Waals surface area contributed by atoms with Crippen molar-refractivity contribution in [3.8, 4) is 0 Å². The molecule has 2 aliphatic rings. The third-order valence-corrected chi connectivity index (χ3v) is 3.88. The van der Waals surface area contributed by atoms with E-state index in [1.165, 1.54) is 0 Å². The van der Waals surface area contributed by atoms with Crippen molar-refractivity contribution in [2.75, 3.05) is 13.2 Å². The first kappa shape index (κ1) is 12.2. The number of nitrogens with zero attached hydrogens (tertiary/aromatic N) is 1. The number of halogens is 3. The molecule has 2 nitrogen and oxygen atoms in total. The van der Waals surface area contributed by atoms with E-state index >= 15 is 0 Å². The lowest BCUT2D eigenvalue weighted by atomic mass is 9.88. The molecule has 2 unspecified atom stereocenters. The van der Waals surface area contributed by atoms with Crippen LogP contribution in [0.1, 0.15) is 32.1 Å². The minimum atomic E-state index is -4.08. The van der Waals surface area contributed by atoms with E-state index in [9.17, 15) is 13.2 Å². The molecule has 2 rings (SSSR count). The van der Waals surface area contributed by atoms with Crippen LogP contribution in [0.3, 0.4) is 0 Å². The smallest absolute Gasteiger partial charge is 0.396 e. The van der Waals surface area contributed by atoms with E-state index in [1.807, 2.05) is 0 Å². The van der Waals surface area contributed by atoms with E-state index < -0.39 is 12.7 Å². The first-order chi connectivity index (χ1) is 7.49. The summed E-state index contributed by atoms with van der Waals surface area (Å²) in [5.74, 6) is 0.423. The molecule has 2 bridgehead atoms. The molecule has 2 atom stereocenters. The van der Waals surface area contributed by atoms with Crippen molar-refractivity contribution in [3.05, 3.63) is 0 Å². The fraction of sp³-hybridized carbons (Fsp3) is 1.00. The Morgan fingerprint density at radius 3 is 2.12 bits per heavy atom. The molecular formula is C11H18F3NO. The molecule has 2 heterocycles. The van der Waals surface area contributed by atoms with Gasteiger partial charge in [-0.1, -0.05) is 0 Å². The van der Waals surface area contributed by atoms with Crippen LogP contribution in [0.15, 0.2) is 0 Å². The number of hydrogen-bond acceptors (Lipinski definition) is 2. The summed E-state index contributed by atoms with van der Waals surface area (Å²) in [6.45, 7) is -0.600. The van der Waals surface area contributed by atoms with Gasteiger partial charge in [0, 0.05) is 18.7 Å². The summed E-state index contributed by atoms with van der Waals surface area (Å²) < 4.78 is 37.1. The Hall–Kier alpha value is -0.290. The fourth-order valence-electron chi connectivity index (χ4n) is 3.27. The van der Waals surface area contributed by atoms with Gasteiger partial charge in [-0.25, -0.2) is 0 Å². The van der Waals surface area contributed by atoms with E-state index in [0.717, 1.165) is 32.1 Å². The van der Waals surface area contributed by atoms with Crippen molar-refractivity contribution < 1.29 is 18.3 Å². The SMILES string of the molecule is OCCC1CC2CCC(C1)N2CC(F)(F)F. The molecule has 2 fully saturated rings. The molecule has 0 saturated carbocycles. The zero-order valence-corrected chi connectivity index (χ0v) is 9.21. The quantitative estimate of drug-likeness (QED) is 0.813. The lowest BCUT2D eigenvalue weighted by Crippen LogP contribution is -2.47. The molecule has 0 radical (unpaired) electrons. The molecule has 0 amide bonds. The van der Waals surface area contributed by atoms with Gasteiger partial charge in [0.2, 0.25) is 0 Å². The predicted octanol–water partition coefficient (Wildman–Crippen LogP) is 2.17. The zero-order chi connectivity index (χ0) is 11.8. The standard InChI is InChI=1S/C11H18F3NO/c12-11(13,14)7-15-9-1-2-10(15)6-8(5-9)3-4-16/h8-10,16H,1-7H2. The summed E-state index contributed by atoms with van der Waals surface area (Å²) in [4.78, 5) is 1.63. The van der Waals surface area contributed by atoms with Crippen LogP contribution in [0.2, 0.25) is 0 Å². The Labute approximate surface area is 93.4 Å². The molecule has 0 aromatic heterocycles. The van der Waals surface area contributed by atoms with Crippen LogP contribution >= 0.6 is 0 Å². The van der Waals surface area contributed by atoms with E-state index in [4.69, 9.17) is 5.11 Å². The highest BCUT2D eigenvalue weighted by molar-refractivity contribution is 4.95. The van der Waals surface area contributed by atoms with E-state index in [2.05, 4.69) is 0 Å². The van der Waals surface area contributed by atoms with Crippen LogP contribution in [-0.2, 0) is 0 Å². The van der Waals surface area contributed by atoms with Gasteiger partial charge >= 0.3 is 6.18 Å². The molecule has 16 heavy (non-hydrogen) atoms. The van der Waals surface area contributed by atoms with Gasteiger partial charge in [-0.2, -0.15) is 13.2 Å². The summed E-state index contributed by atoms with van der Waals surface area (Å²) >= 11 is 0. The van der Waals surface area contributed by atoms with Crippen molar-refractivity contribution in [1.82, 2.24) is 4.90 Å². The number of rotatable bonds is 3. The van der Waals surface area contributed by atoms with Gasteiger partial charge in [0.25, 0.3) is 0 Å². The van der Waals surface area contributed by atoms with Crippen LogP contribution in [0.25, 0.3) is 0 Å². The average Bonchev–Trinajstić information content (AvgIpc) is 2.42. The minimum absolute atomic E-state index is 0.0944. The molecule has 1 N–H and O–H groups in total. The van der Waals surface area contributed by atoms with Crippen molar-refractivity contribution in [1.29, 1.82) is 0 Å².